The highest BCUT2D eigenvalue weighted by Gasteiger charge is 2.31. The van der Waals surface area contributed by atoms with Crippen LogP contribution in [0.25, 0.3) is 0 Å². The largest absolute Gasteiger partial charge is 0.489 e. The Morgan fingerprint density at radius 3 is 2.69 bits per heavy atom. The van der Waals surface area contributed by atoms with Gasteiger partial charge in [0.05, 0.1) is 12.8 Å². The van der Waals surface area contributed by atoms with Gasteiger partial charge in [0.25, 0.3) is 11.8 Å². The fraction of sp³-hybridized carbons (Fsp3) is 0.154. The molecule has 35 heavy (non-hydrogen) atoms. The second-order valence-electron chi connectivity index (χ2n) is 7.45. The fourth-order valence-electron chi connectivity index (χ4n) is 3.31. The molecule has 1 aliphatic rings. The van der Waals surface area contributed by atoms with Crippen molar-refractivity contribution in [3.8, 4) is 29.1 Å². The van der Waals surface area contributed by atoms with Crippen LogP contribution in [0.4, 0.5) is 5.69 Å². The van der Waals surface area contributed by atoms with Gasteiger partial charge in [-0.1, -0.05) is 24.1 Å². The van der Waals surface area contributed by atoms with Gasteiger partial charge in [-0.2, -0.15) is 0 Å². The van der Waals surface area contributed by atoms with Crippen molar-refractivity contribution in [2.45, 2.75) is 6.04 Å². The zero-order chi connectivity index (χ0) is 24.8. The van der Waals surface area contributed by atoms with Gasteiger partial charge in [0.1, 0.15) is 35.6 Å². The number of para-hydroxylation sites is 1. The lowest BCUT2D eigenvalue weighted by molar-refractivity contribution is -0.133. The normalized spacial score (nSPS) is 14.4. The van der Waals surface area contributed by atoms with Crippen LogP contribution >= 0.6 is 0 Å². The average Bonchev–Trinajstić information content (AvgIpc) is 3.00. The molecule has 0 spiro atoms. The smallest absolute Gasteiger partial charge is 0.384 e. The van der Waals surface area contributed by atoms with E-state index in [1.165, 1.54) is 24.3 Å². The van der Waals surface area contributed by atoms with Crippen molar-refractivity contribution in [3.05, 3.63) is 78.1 Å². The number of aromatic nitrogens is 1. The van der Waals surface area contributed by atoms with Crippen LogP contribution in [0.15, 0.2) is 66.9 Å². The zero-order valence-corrected chi connectivity index (χ0v) is 19.0. The second kappa shape index (κ2) is 10.4. The quantitative estimate of drug-likeness (QED) is 0.460. The number of hydrogen-bond donors (Lipinski definition) is 1. The molecular weight excluding hydrogens is 450 g/mol. The number of carbonyl (C=O) groups is 3. The summed E-state index contributed by atoms with van der Waals surface area (Å²) in [4.78, 5) is 42.7. The molecule has 0 radical (unpaired) electrons. The Morgan fingerprint density at radius 2 is 1.91 bits per heavy atom. The molecule has 1 atom stereocenters. The van der Waals surface area contributed by atoms with Crippen molar-refractivity contribution in [2.24, 2.45) is 0 Å². The van der Waals surface area contributed by atoms with Gasteiger partial charge in [-0.3, -0.25) is 14.6 Å². The lowest BCUT2D eigenvalue weighted by Crippen LogP contribution is -2.49. The summed E-state index contributed by atoms with van der Waals surface area (Å²) in [6.45, 7) is -0.0741. The molecule has 1 aliphatic heterocycles. The molecule has 0 unspecified atom stereocenters. The Bertz CT molecular complexity index is 1330. The first-order valence-corrected chi connectivity index (χ1v) is 10.6. The van der Waals surface area contributed by atoms with Gasteiger partial charge in [-0.05, 0) is 36.4 Å². The second-order valence-corrected chi connectivity index (χ2v) is 7.45. The molecule has 2 aromatic carbocycles. The molecule has 0 fully saturated rings. The summed E-state index contributed by atoms with van der Waals surface area (Å²) in [7, 11) is 2.81. The predicted molar refractivity (Wildman–Crippen MR) is 126 cm³/mol. The topological polar surface area (TPSA) is 107 Å². The summed E-state index contributed by atoms with van der Waals surface area (Å²) in [5.74, 6) is 4.92. The highest BCUT2D eigenvalue weighted by molar-refractivity contribution is 6.03. The van der Waals surface area contributed by atoms with Gasteiger partial charge in [-0.25, -0.2) is 4.79 Å². The van der Waals surface area contributed by atoms with E-state index in [1.54, 1.807) is 43.4 Å². The van der Waals surface area contributed by atoms with Crippen molar-refractivity contribution >= 4 is 23.5 Å². The molecule has 176 valence electrons. The van der Waals surface area contributed by atoms with Crippen LogP contribution in [0.1, 0.15) is 16.1 Å². The third kappa shape index (κ3) is 5.57. The zero-order valence-electron chi connectivity index (χ0n) is 19.0. The SMILES string of the molecule is COC(=O)C#Cc1ccc2c(c1)N(C)C(=O)[C@@H](NC(=O)c1cc(Oc3ccccc3)ccn1)CO2. The number of hydrogen-bond acceptors (Lipinski definition) is 7. The molecule has 1 aromatic heterocycles. The number of likely N-dealkylation sites (N-methyl/N-ethyl adjacent to an activating group) is 1. The molecule has 3 aromatic rings. The van der Waals surface area contributed by atoms with Crippen molar-refractivity contribution in [2.75, 3.05) is 25.7 Å². The minimum atomic E-state index is -0.954. The minimum Gasteiger partial charge on any atom is -0.489 e. The predicted octanol–water partition coefficient (Wildman–Crippen LogP) is 2.55. The molecule has 2 amide bonds. The number of esters is 1. The maximum Gasteiger partial charge on any atom is 0.384 e. The van der Waals surface area contributed by atoms with Gasteiger partial charge in [0.2, 0.25) is 0 Å². The lowest BCUT2D eigenvalue weighted by Gasteiger charge is -2.20. The van der Waals surface area contributed by atoms with Crippen LogP contribution < -0.4 is 19.7 Å². The minimum absolute atomic E-state index is 0.0741. The number of benzene rings is 2. The summed E-state index contributed by atoms with van der Waals surface area (Å²) in [5, 5.41) is 2.68. The number of nitrogens with zero attached hydrogens (tertiary/aromatic N) is 2. The van der Waals surface area contributed by atoms with E-state index in [-0.39, 0.29) is 18.2 Å². The van der Waals surface area contributed by atoms with Crippen molar-refractivity contribution in [3.63, 3.8) is 0 Å². The number of fused-ring (bicyclic) bond motifs is 1. The molecule has 0 saturated heterocycles. The summed E-state index contributed by atoms with van der Waals surface area (Å²) in [5.41, 5.74) is 1.05. The molecular formula is C26H21N3O6. The van der Waals surface area contributed by atoms with E-state index < -0.39 is 17.9 Å². The summed E-state index contributed by atoms with van der Waals surface area (Å²) in [6.07, 6.45) is 1.46. The summed E-state index contributed by atoms with van der Waals surface area (Å²) < 4.78 is 16.0. The Kier molecular flexibility index (Phi) is 6.93. The van der Waals surface area contributed by atoms with Gasteiger partial charge in [-0.15, -0.1) is 0 Å². The van der Waals surface area contributed by atoms with Crippen LogP contribution in [0.2, 0.25) is 0 Å². The van der Waals surface area contributed by atoms with Gasteiger partial charge >= 0.3 is 5.97 Å². The first-order chi connectivity index (χ1) is 16.9. The van der Waals surface area contributed by atoms with Crippen molar-refractivity contribution in [1.82, 2.24) is 10.3 Å². The third-order valence-corrected chi connectivity index (χ3v) is 5.10. The van der Waals surface area contributed by atoms with E-state index in [1.807, 2.05) is 18.2 Å². The molecule has 1 N–H and O–H groups in total. The van der Waals surface area contributed by atoms with Crippen molar-refractivity contribution in [1.29, 1.82) is 0 Å². The third-order valence-electron chi connectivity index (χ3n) is 5.10. The van der Waals surface area contributed by atoms with Crippen LogP contribution in [0.5, 0.6) is 17.2 Å². The van der Waals surface area contributed by atoms with Crippen LogP contribution in [0, 0.1) is 11.8 Å². The van der Waals surface area contributed by atoms with Crippen LogP contribution in [0.3, 0.4) is 0 Å². The molecule has 0 aliphatic carbocycles. The molecule has 9 heteroatoms. The molecule has 0 saturated carbocycles. The van der Waals surface area contributed by atoms with Crippen LogP contribution in [-0.2, 0) is 14.3 Å². The lowest BCUT2D eigenvalue weighted by atomic mass is 10.1. The molecule has 0 bridgehead atoms. The number of carbonyl (C=O) groups excluding carboxylic acids is 3. The first kappa shape index (κ1) is 23.3. The van der Waals surface area contributed by atoms with E-state index in [9.17, 15) is 14.4 Å². The Labute approximate surface area is 201 Å². The molecule has 4 rings (SSSR count). The number of methoxy groups -OCH3 is 1. The van der Waals surface area contributed by atoms with Gasteiger partial charge < -0.3 is 24.4 Å². The molecule has 9 nitrogen and oxygen atoms in total. The van der Waals surface area contributed by atoms with Crippen LogP contribution in [-0.4, -0.2) is 49.6 Å². The Hall–Kier alpha value is -4.84. The van der Waals surface area contributed by atoms with Crippen molar-refractivity contribution < 1.29 is 28.6 Å². The van der Waals surface area contributed by atoms with E-state index in [0.717, 1.165) is 0 Å². The summed E-state index contributed by atoms with van der Waals surface area (Å²) in [6, 6.07) is 16.2. The molecule has 2 heterocycles. The number of rotatable bonds is 4. The average molecular weight is 471 g/mol. The first-order valence-electron chi connectivity index (χ1n) is 10.6. The monoisotopic (exact) mass is 471 g/mol. The van der Waals surface area contributed by atoms with Gasteiger partial charge in [0.15, 0.2) is 0 Å². The van der Waals surface area contributed by atoms with Gasteiger partial charge in [0, 0.05) is 30.8 Å². The fourth-order valence-corrected chi connectivity index (χ4v) is 3.31. The highest BCUT2D eigenvalue weighted by Crippen LogP contribution is 2.31. The van der Waals surface area contributed by atoms with E-state index in [2.05, 4.69) is 26.9 Å². The number of ether oxygens (including phenoxy) is 3. The maximum absolute atomic E-state index is 13.1. The maximum atomic E-state index is 13.1. The van der Waals surface area contributed by atoms with E-state index >= 15 is 0 Å². The standard InChI is InChI=1S/C26H21N3O6/c1-29-22-14-17(9-11-24(30)33-2)8-10-23(22)34-16-21(26(29)32)28-25(31)20-15-19(12-13-27-20)35-18-6-4-3-5-7-18/h3-8,10,12-15,21H,16H2,1-2H3,(H,28,31)/t21-/m0/s1. The van der Waals surface area contributed by atoms with E-state index in [0.29, 0.717) is 28.5 Å². The number of amides is 2. The number of anilines is 1. The highest BCUT2D eigenvalue weighted by atomic mass is 16.5. The Balaban J connectivity index is 1.48. The van der Waals surface area contributed by atoms with E-state index in [4.69, 9.17) is 9.47 Å². The number of nitrogens with one attached hydrogen (secondary N) is 1. The number of pyridine rings is 1. The Morgan fingerprint density at radius 1 is 1.11 bits per heavy atom. The summed E-state index contributed by atoms with van der Waals surface area (Å²) >= 11 is 0.